The van der Waals surface area contributed by atoms with E-state index in [0.29, 0.717) is 6.04 Å². The molecule has 0 aliphatic heterocycles. The molecular weight excluding hydrogens is 266 g/mol. The van der Waals surface area contributed by atoms with Gasteiger partial charge in [-0.25, -0.2) is 0 Å². The number of thiophene rings is 1. The Hall–Kier alpha value is -1.13. The molecule has 0 bridgehead atoms. The Labute approximate surface area is 126 Å². The van der Waals surface area contributed by atoms with Crippen molar-refractivity contribution in [2.24, 2.45) is 7.05 Å². The third-order valence-electron chi connectivity index (χ3n) is 3.78. The predicted molar refractivity (Wildman–Crippen MR) is 86.4 cm³/mol. The first-order valence-electron chi connectivity index (χ1n) is 7.39. The van der Waals surface area contributed by atoms with Gasteiger partial charge in [0.15, 0.2) is 0 Å². The molecule has 0 amide bonds. The molecule has 0 aromatic carbocycles. The monoisotopic (exact) mass is 291 g/mol. The van der Waals surface area contributed by atoms with Crippen molar-refractivity contribution in [3.8, 4) is 0 Å². The van der Waals surface area contributed by atoms with Crippen molar-refractivity contribution in [2.45, 2.75) is 46.1 Å². The highest BCUT2D eigenvalue weighted by Crippen LogP contribution is 2.29. The number of hydrogen-bond donors (Lipinski definition) is 1. The van der Waals surface area contributed by atoms with E-state index in [1.54, 1.807) is 0 Å². The first-order valence-corrected chi connectivity index (χ1v) is 8.20. The van der Waals surface area contributed by atoms with Gasteiger partial charge in [0.1, 0.15) is 0 Å². The average Bonchev–Trinajstić information content (AvgIpc) is 2.97. The third-order valence-corrected chi connectivity index (χ3v) is 5.05. The molecule has 2 aromatic rings. The maximum absolute atomic E-state index is 4.25. The molecule has 0 saturated heterocycles. The lowest BCUT2D eigenvalue weighted by Crippen LogP contribution is -2.22. The second kappa shape index (κ2) is 7.04. The quantitative estimate of drug-likeness (QED) is 0.841. The molecule has 0 aliphatic rings. The molecule has 0 fully saturated rings. The summed E-state index contributed by atoms with van der Waals surface area (Å²) in [6.45, 7) is 7.71. The zero-order chi connectivity index (χ0) is 14.5. The molecule has 110 valence electrons. The number of aryl methyl sites for hydroxylation is 4. The van der Waals surface area contributed by atoms with E-state index in [-0.39, 0.29) is 0 Å². The van der Waals surface area contributed by atoms with Gasteiger partial charge in [0.25, 0.3) is 0 Å². The highest BCUT2D eigenvalue weighted by molar-refractivity contribution is 7.12. The van der Waals surface area contributed by atoms with Gasteiger partial charge in [-0.2, -0.15) is 5.10 Å². The van der Waals surface area contributed by atoms with Crippen molar-refractivity contribution in [3.63, 3.8) is 0 Å². The van der Waals surface area contributed by atoms with Crippen LogP contribution in [0.1, 0.15) is 46.8 Å². The molecule has 0 aliphatic carbocycles. The number of aromatic nitrogens is 2. The highest BCUT2D eigenvalue weighted by Gasteiger charge is 2.15. The molecule has 0 radical (unpaired) electrons. The zero-order valence-corrected chi connectivity index (χ0v) is 13.8. The fraction of sp³-hybridized carbons (Fsp3) is 0.562. The third kappa shape index (κ3) is 3.70. The summed E-state index contributed by atoms with van der Waals surface area (Å²) in [7, 11) is 2.02. The summed E-state index contributed by atoms with van der Waals surface area (Å²) >= 11 is 1.93. The zero-order valence-electron chi connectivity index (χ0n) is 12.9. The van der Waals surface area contributed by atoms with Gasteiger partial charge in [0, 0.05) is 34.7 Å². The van der Waals surface area contributed by atoms with Crippen molar-refractivity contribution in [1.82, 2.24) is 15.1 Å². The average molecular weight is 291 g/mol. The molecule has 20 heavy (non-hydrogen) atoms. The molecule has 2 heterocycles. The second-order valence-corrected chi connectivity index (χ2v) is 6.67. The van der Waals surface area contributed by atoms with Crippen LogP contribution in [0.25, 0.3) is 0 Å². The van der Waals surface area contributed by atoms with Crippen LogP contribution >= 0.6 is 11.3 Å². The van der Waals surface area contributed by atoms with Crippen LogP contribution in [0.5, 0.6) is 0 Å². The Kier molecular flexibility index (Phi) is 5.38. The number of rotatable bonds is 7. The Balaban J connectivity index is 2.05. The fourth-order valence-electron chi connectivity index (χ4n) is 2.38. The predicted octanol–water partition coefficient (Wildman–Crippen LogP) is 3.77. The van der Waals surface area contributed by atoms with E-state index < -0.39 is 0 Å². The molecule has 0 spiro atoms. The van der Waals surface area contributed by atoms with Crippen molar-refractivity contribution >= 4 is 11.3 Å². The summed E-state index contributed by atoms with van der Waals surface area (Å²) in [5.41, 5.74) is 2.71. The lowest BCUT2D eigenvalue weighted by molar-refractivity contribution is 0.498. The smallest absolute Gasteiger partial charge is 0.0492 e. The van der Waals surface area contributed by atoms with Gasteiger partial charge >= 0.3 is 0 Å². The number of nitrogens with one attached hydrogen (secondary N) is 1. The molecule has 4 heteroatoms. The van der Waals surface area contributed by atoms with Gasteiger partial charge in [-0.15, -0.1) is 11.3 Å². The molecule has 0 saturated carbocycles. The van der Waals surface area contributed by atoms with Gasteiger partial charge in [-0.3, -0.25) is 4.68 Å². The van der Waals surface area contributed by atoms with E-state index in [4.69, 9.17) is 0 Å². The molecular formula is C16H25N3S. The van der Waals surface area contributed by atoms with E-state index in [9.17, 15) is 0 Å². The molecule has 3 nitrogen and oxygen atoms in total. The van der Waals surface area contributed by atoms with Gasteiger partial charge in [-0.05, 0) is 57.4 Å². The minimum absolute atomic E-state index is 0.460. The standard InChI is InChI=1S/C16H25N3S/c1-5-9-17-15(16-11-12(2)13(3)20-16)7-6-14-8-10-18-19(14)4/h8,10-11,15,17H,5-7,9H2,1-4H3. The van der Waals surface area contributed by atoms with Crippen LogP contribution in [-0.2, 0) is 13.5 Å². The topological polar surface area (TPSA) is 29.9 Å². The Morgan fingerprint density at radius 2 is 2.20 bits per heavy atom. The maximum Gasteiger partial charge on any atom is 0.0492 e. The molecule has 1 N–H and O–H groups in total. The van der Waals surface area contributed by atoms with Crippen molar-refractivity contribution in [3.05, 3.63) is 39.3 Å². The number of hydrogen-bond acceptors (Lipinski definition) is 3. The summed E-state index contributed by atoms with van der Waals surface area (Å²) in [6.07, 6.45) is 5.24. The Bertz CT molecular complexity index is 522. The van der Waals surface area contributed by atoms with Crippen molar-refractivity contribution in [1.29, 1.82) is 0 Å². The molecule has 2 aromatic heterocycles. The maximum atomic E-state index is 4.25. The van der Waals surface area contributed by atoms with Gasteiger partial charge in [-0.1, -0.05) is 6.92 Å². The summed E-state index contributed by atoms with van der Waals surface area (Å²) in [4.78, 5) is 2.90. The van der Waals surface area contributed by atoms with Crippen LogP contribution in [0.4, 0.5) is 0 Å². The first kappa shape index (κ1) is 15.3. The molecule has 1 unspecified atom stereocenters. The van der Waals surface area contributed by atoms with E-state index in [1.165, 1.54) is 27.4 Å². The summed E-state index contributed by atoms with van der Waals surface area (Å²) in [6, 6.07) is 4.92. The second-order valence-electron chi connectivity index (χ2n) is 5.38. The Morgan fingerprint density at radius 3 is 2.75 bits per heavy atom. The Morgan fingerprint density at radius 1 is 1.40 bits per heavy atom. The van der Waals surface area contributed by atoms with Crippen LogP contribution in [0, 0.1) is 13.8 Å². The largest absolute Gasteiger partial charge is 0.309 e. The summed E-state index contributed by atoms with van der Waals surface area (Å²) < 4.78 is 1.97. The lowest BCUT2D eigenvalue weighted by atomic mass is 10.1. The van der Waals surface area contributed by atoms with E-state index in [2.05, 4.69) is 43.3 Å². The summed E-state index contributed by atoms with van der Waals surface area (Å²) in [5, 5.41) is 7.94. The van der Waals surface area contributed by atoms with E-state index in [0.717, 1.165) is 19.4 Å². The summed E-state index contributed by atoms with van der Waals surface area (Å²) in [5.74, 6) is 0. The molecule has 1 atom stereocenters. The van der Waals surface area contributed by atoms with Crippen LogP contribution < -0.4 is 5.32 Å². The van der Waals surface area contributed by atoms with Crippen LogP contribution in [0.3, 0.4) is 0 Å². The fourth-order valence-corrected chi connectivity index (χ4v) is 3.53. The van der Waals surface area contributed by atoms with Gasteiger partial charge in [0.2, 0.25) is 0 Å². The normalized spacial score (nSPS) is 12.8. The highest BCUT2D eigenvalue weighted by atomic mass is 32.1. The van der Waals surface area contributed by atoms with Gasteiger partial charge in [0.05, 0.1) is 0 Å². The van der Waals surface area contributed by atoms with E-state index in [1.807, 2.05) is 29.3 Å². The first-order chi connectivity index (χ1) is 9.61. The van der Waals surface area contributed by atoms with Crippen molar-refractivity contribution in [2.75, 3.05) is 6.54 Å². The van der Waals surface area contributed by atoms with Crippen LogP contribution in [-0.4, -0.2) is 16.3 Å². The lowest BCUT2D eigenvalue weighted by Gasteiger charge is -2.17. The van der Waals surface area contributed by atoms with Crippen LogP contribution in [0.15, 0.2) is 18.3 Å². The SMILES string of the molecule is CCCNC(CCc1ccnn1C)c1cc(C)c(C)s1. The number of nitrogens with zero attached hydrogens (tertiary/aromatic N) is 2. The van der Waals surface area contributed by atoms with Crippen LogP contribution in [0.2, 0.25) is 0 Å². The molecule has 2 rings (SSSR count). The minimum atomic E-state index is 0.460. The minimum Gasteiger partial charge on any atom is -0.309 e. The van der Waals surface area contributed by atoms with Crippen molar-refractivity contribution < 1.29 is 0 Å². The van der Waals surface area contributed by atoms with E-state index >= 15 is 0 Å². The van der Waals surface area contributed by atoms with Gasteiger partial charge < -0.3 is 5.32 Å².